The number of carbonyl (C=O) groups is 1. The van der Waals surface area contributed by atoms with E-state index in [1.54, 1.807) is 0 Å². The summed E-state index contributed by atoms with van der Waals surface area (Å²) in [5.74, 6) is 0.781. The highest BCUT2D eigenvalue weighted by Gasteiger charge is 2.31. The molecule has 1 aromatic rings. The van der Waals surface area contributed by atoms with Crippen LogP contribution in [0, 0.1) is 5.92 Å². The molecule has 1 nitrogen and oxygen atoms in total. The van der Waals surface area contributed by atoms with Crippen LogP contribution in [0.3, 0.4) is 0 Å². The Hall–Kier alpha value is -1.89. The van der Waals surface area contributed by atoms with Gasteiger partial charge in [0.05, 0.1) is 0 Å². The van der Waals surface area contributed by atoms with Crippen LogP contribution in [0.1, 0.15) is 96.1 Å². The van der Waals surface area contributed by atoms with Crippen LogP contribution in [-0.4, -0.2) is 5.78 Å². The zero-order valence-electron chi connectivity index (χ0n) is 18.0. The normalized spacial score (nSPS) is 15.6. The molecule has 0 saturated heterocycles. The molecule has 3 rings (SSSR count). The first-order chi connectivity index (χ1) is 13.6. The third-order valence-corrected chi connectivity index (χ3v) is 5.98. The lowest BCUT2D eigenvalue weighted by Crippen LogP contribution is -2.15. The quantitative estimate of drug-likeness (QED) is 0.358. The smallest absolute Gasteiger partial charge is 0.189 e. The molecule has 1 aromatic carbocycles. The molecule has 150 valence electrons. The second-order valence-electron chi connectivity index (χ2n) is 8.86. The second kappa shape index (κ2) is 10.0. The van der Waals surface area contributed by atoms with E-state index in [4.69, 9.17) is 0 Å². The molecule has 0 bridgehead atoms. The monoisotopic (exact) mass is 376 g/mol. The molecule has 0 amide bonds. The van der Waals surface area contributed by atoms with Crippen LogP contribution in [0.2, 0.25) is 0 Å². The highest BCUT2D eigenvalue weighted by Crippen LogP contribution is 2.43. The van der Waals surface area contributed by atoms with Gasteiger partial charge in [0, 0.05) is 11.1 Å². The average Bonchev–Trinajstić information content (AvgIpc) is 3.05. The van der Waals surface area contributed by atoms with E-state index >= 15 is 0 Å². The van der Waals surface area contributed by atoms with Crippen LogP contribution in [0.4, 0.5) is 0 Å². The van der Waals surface area contributed by atoms with Crippen LogP contribution >= 0.6 is 0 Å². The van der Waals surface area contributed by atoms with Gasteiger partial charge in [-0.15, -0.1) is 0 Å². The molecule has 1 heteroatoms. The molecule has 2 aliphatic carbocycles. The number of unbranched alkanes of at least 4 members (excludes halogenated alkanes) is 7. The minimum Gasteiger partial charge on any atom is -0.289 e. The standard InChI is InChI=1S/C27H36O/c1-4-5-6-7-8-9-10-11-14-22-18-25-23-16-13-12-15-21(23)19-26(25)27(28)24(22)17-20(2)3/h12-13,15-16,18-20H,4-11,14,17H2,1-3H3. The fraction of sp³-hybridized carbons (Fsp3) is 0.519. The third kappa shape index (κ3) is 4.93. The SMILES string of the molecule is CCCCCCCCCCC1=C(CC(C)C)C(=O)C2=Cc3ccccc3C2=C1. The molecule has 0 atom stereocenters. The fourth-order valence-corrected chi connectivity index (χ4v) is 4.46. The van der Waals surface area contributed by atoms with Gasteiger partial charge in [0.25, 0.3) is 0 Å². The maximum Gasteiger partial charge on any atom is 0.189 e. The van der Waals surface area contributed by atoms with Gasteiger partial charge in [0.15, 0.2) is 5.78 Å². The summed E-state index contributed by atoms with van der Waals surface area (Å²) in [6.45, 7) is 6.70. The van der Waals surface area contributed by atoms with E-state index in [9.17, 15) is 4.79 Å². The summed E-state index contributed by atoms with van der Waals surface area (Å²) < 4.78 is 0. The summed E-state index contributed by atoms with van der Waals surface area (Å²) in [6.07, 6.45) is 17.0. The summed E-state index contributed by atoms with van der Waals surface area (Å²) in [7, 11) is 0. The molecular weight excluding hydrogens is 340 g/mol. The molecule has 2 aliphatic rings. The molecule has 0 N–H and O–H groups in total. The number of fused-ring (bicyclic) bond motifs is 3. The first kappa shape index (κ1) is 20.8. The Morgan fingerprint density at radius 2 is 1.50 bits per heavy atom. The molecular formula is C27H36O. The Morgan fingerprint density at radius 1 is 0.821 bits per heavy atom. The zero-order chi connectivity index (χ0) is 19.9. The van der Waals surface area contributed by atoms with Crippen molar-refractivity contribution in [1.82, 2.24) is 0 Å². The van der Waals surface area contributed by atoms with E-state index in [1.165, 1.54) is 68.1 Å². The highest BCUT2D eigenvalue weighted by atomic mass is 16.1. The Labute approximate surface area is 171 Å². The van der Waals surface area contributed by atoms with Crippen molar-refractivity contribution < 1.29 is 4.79 Å². The average molecular weight is 377 g/mol. The van der Waals surface area contributed by atoms with Crippen LogP contribution < -0.4 is 0 Å². The lowest BCUT2D eigenvalue weighted by atomic mass is 9.81. The highest BCUT2D eigenvalue weighted by molar-refractivity contribution is 6.26. The minimum atomic E-state index is 0.275. The van der Waals surface area contributed by atoms with Gasteiger partial charge < -0.3 is 0 Å². The second-order valence-corrected chi connectivity index (χ2v) is 8.86. The molecule has 0 unspecified atom stereocenters. The van der Waals surface area contributed by atoms with Gasteiger partial charge in [0.2, 0.25) is 0 Å². The third-order valence-electron chi connectivity index (χ3n) is 5.98. The fourth-order valence-electron chi connectivity index (χ4n) is 4.46. The number of rotatable bonds is 11. The van der Waals surface area contributed by atoms with E-state index in [0.29, 0.717) is 5.92 Å². The predicted octanol–water partition coefficient (Wildman–Crippen LogP) is 7.92. The molecule has 0 aromatic heterocycles. The van der Waals surface area contributed by atoms with E-state index in [0.717, 1.165) is 29.6 Å². The van der Waals surface area contributed by atoms with Gasteiger partial charge in [-0.25, -0.2) is 0 Å². The van der Waals surface area contributed by atoms with Crippen molar-refractivity contribution in [2.24, 2.45) is 5.92 Å². The van der Waals surface area contributed by atoms with Crippen molar-refractivity contribution in [3.05, 3.63) is 58.2 Å². The molecule has 0 saturated carbocycles. The summed E-state index contributed by atoms with van der Waals surface area (Å²) >= 11 is 0. The summed E-state index contributed by atoms with van der Waals surface area (Å²) in [4.78, 5) is 13.3. The van der Waals surface area contributed by atoms with Gasteiger partial charge in [-0.05, 0) is 59.6 Å². The molecule has 0 fully saturated rings. The van der Waals surface area contributed by atoms with Gasteiger partial charge in [-0.1, -0.05) is 90.0 Å². The number of ketones is 1. The Kier molecular flexibility index (Phi) is 7.48. The van der Waals surface area contributed by atoms with Crippen molar-refractivity contribution >= 4 is 17.4 Å². The number of Topliss-reactive ketones (excluding diaryl/α,β-unsaturated/α-hetero) is 1. The Bertz CT molecular complexity index is 788. The maximum absolute atomic E-state index is 13.3. The predicted molar refractivity (Wildman–Crippen MR) is 121 cm³/mol. The number of benzene rings is 1. The van der Waals surface area contributed by atoms with Crippen LogP contribution in [0.5, 0.6) is 0 Å². The first-order valence-electron chi connectivity index (χ1n) is 11.4. The van der Waals surface area contributed by atoms with E-state index < -0.39 is 0 Å². The number of allylic oxidation sites excluding steroid dienone is 5. The van der Waals surface area contributed by atoms with Gasteiger partial charge in [-0.3, -0.25) is 4.79 Å². The summed E-state index contributed by atoms with van der Waals surface area (Å²) in [6, 6.07) is 8.41. The van der Waals surface area contributed by atoms with Crippen molar-refractivity contribution in [3.8, 4) is 0 Å². The summed E-state index contributed by atoms with van der Waals surface area (Å²) in [5, 5.41) is 0. The van der Waals surface area contributed by atoms with E-state index in [-0.39, 0.29) is 5.78 Å². The molecule has 0 spiro atoms. The number of hydrogen-bond acceptors (Lipinski definition) is 1. The molecule has 0 radical (unpaired) electrons. The van der Waals surface area contributed by atoms with Crippen LogP contribution in [0.15, 0.2) is 47.1 Å². The maximum atomic E-state index is 13.3. The van der Waals surface area contributed by atoms with E-state index in [1.807, 2.05) is 0 Å². The van der Waals surface area contributed by atoms with Crippen molar-refractivity contribution in [1.29, 1.82) is 0 Å². The lowest BCUT2D eigenvalue weighted by molar-refractivity contribution is -0.112. The van der Waals surface area contributed by atoms with Crippen LogP contribution in [0.25, 0.3) is 11.6 Å². The zero-order valence-corrected chi connectivity index (χ0v) is 18.0. The first-order valence-corrected chi connectivity index (χ1v) is 11.4. The van der Waals surface area contributed by atoms with Crippen molar-refractivity contribution in [2.75, 3.05) is 0 Å². The lowest BCUT2D eigenvalue weighted by Gasteiger charge is -2.21. The topological polar surface area (TPSA) is 17.1 Å². The minimum absolute atomic E-state index is 0.275. The Balaban J connectivity index is 1.68. The van der Waals surface area contributed by atoms with Gasteiger partial charge >= 0.3 is 0 Å². The largest absolute Gasteiger partial charge is 0.289 e. The molecule has 28 heavy (non-hydrogen) atoms. The van der Waals surface area contributed by atoms with Crippen molar-refractivity contribution in [2.45, 2.75) is 85.0 Å². The van der Waals surface area contributed by atoms with Crippen molar-refractivity contribution in [3.63, 3.8) is 0 Å². The molecule has 0 aliphatic heterocycles. The number of hydrogen-bond donors (Lipinski definition) is 0. The van der Waals surface area contributed by atoms with Crippen LogP contribution in [-0.2, 0) is 4.79 Å². The number of carbonyl (C=O) groups excluding carboxylic acids is 1. The van der Waals surface area contributed by atoms with E-state index in [2.05, 4.69) is 57.2 Å². The Morgan fingerprint density at radius 3 is 2.21 bits per heavy atom. The van der Waals surface area contributed by atoms with Gasteiger partial charge in [0.1, 0.15) is 0 Å². The van der Waals surface area contributed by atoms with Gasteiger partial charge in [-0.2, -0.15) is 0 Å². The summed E-state index contributed by atoms with van der Waals surface area (Å²) in [5.41, 5.74) is 6.85. The molecule has 0 heterocycles.